The molecule has 1 heterocycles. The normalized spacial score (nSPS) is 26.9. The summed E-state index contributed by atoms with van der Waals surface area (Å²) in [6.07, 6.45) is 3.53. The van der Waals surface area contributed by atoms with Gasteiger partial charge in [-0.3, -0.25) is 0 Å². The van der Waals surface area contributed by atoms with Gasteiger partial charge in [0.2, 0.25) is 0 Å². The molecule has 4 nitrogen and oxygen atoms in total. The topological polar surface area (TPSA) is 58.0 Å². The summed E-state index contributed by atoms with van der Waals surface area (Å²) in [6.45, 7) is 1.07. The van der Waals surface area contributed by atoms with Gasteiger partial charge >= 0.3 is 0 Å². The van der Waals surface area contributed by atoms with E-state index in [1.807, 2.05) is 5.38 Å². The number of hydrogen-bond donors (Lipinski definition) is 2. The molecule has 1 aromatic rings. The molecule has 2 N–H and O–H groups in total. The van der Waals surface area contributed by atoms with Gasteiger partial charge in [-0.25, -0.2) is 0 Å². The number of aliphatic hydroxyl groups excluding tert-OH is 1. The van der Waals surface area contributed by atoms with E-state index < -0.39 is 0 Å². The highest BCUT2D eigenvalue weighted by Crippen LogP contribution is 2.25. The van der Waals surface area contributed by atoms with Crippen LogP contribution in [0, 0.1) is 5.92 Å². The molecule has 78 valence electrons. The molecule has 0 aliphatic heterocycles. The zero-order valence-corrected chi connectivity index (χ0v) is 8.83. The van der Waals surface area contributed by atoms with E-state index in [1.54, 1.807) is 0 Å². The lowest BCUT2D eigenvalue weighted by Gasteiger charge is -2.17. The van der Waals surface area contributed by atoms with E-state index in [0.29, 0.717) is 18.6 Å². The Morgan fingerprint density at radius 1 is 1.57 bits per heavy atom. The van der Waals surface area contributed by atoms with Crippen LogP contribution in [0.15, 0.2) is 5.38 Å². The van der Waals surface area contributed by atoms with E-state index in [0.717, 1.165) is 18.7 Å². The van der Waals surface area contributed by atoms with Gasteiger partial charge in [0.25, 0.3) is 0 Å². The summed E-state index contributed by atoms with van der Waals surface area (Å²) in [5.74, 6) is 0.432. The molecule has 1 aromatic heterocycles. The van der Waals surface area contributed by atoms with Crippen LogP contribution < -0.4 is 5.32 Å². The summed E-state index contributed by atoms with van der Waals surface area (Å²) in [6, 6.07) is 0.460. The van der Waals surface area contributed by atoms with E-state index in [1.165, 1.54) is 24.4 Å². The summed E-state index contributed by atoms with van der Waals surface area (Å²) in [5.41, 5.74) is 0.999. The van der Waals surface area contributed by atoms with Crippen LogP contribution >= 0.6 is 11.5 Å². The molecule has 1 aliphatic rings. The largest absolute Gasteiger partial charge is 0.396 e. The molecule has 0 aromatic carbocycles. The number of hydrogen-bond acceptors (Lipinski definition) is 5. The third-order valence-corrected chi connectivity index (χ3v) is 3.40. The van der Waals surface area contributed by atoms with Crippen molar-refractivity contribution in [3.8, 4) is 0 Å². The predicted molar refractivity (Wildman–Crippen MR) is 55.0 cm³/mol. The van der Waals surface area contributed by atoms with E-state index in [4.69, 9.17) is 5.11 Å². The third-order valence-electron chi connectivity index (χ3n) is 2.84. The van der Waals surface area contributed by atoms with Crippen LogP contribution in [0.2, 0.25) is 0 Å². The Bertz CT molecular complexity index is 265. The highest BCUT2D eigenvalue weighted by molar-refractivity contribution is 7.03. The lowest BCUT2D eigenvalue weighted by atomic mass is 10.1. The Labute approximate surface area is 87.5 Å². The molecule has 1 aliphatic carbocycles. The van der Waals surface area contributed by atoms with Crippen LogP contribution in [0.3, 0.4) is 0 Å². The summed E-state index contributed by atoms with van der Waals surface area (Å²) in [5, 5.41) is 18.5. The minimum atomic E-state index is 0.299. The van der Waals surface area contributed by atoms with Gasteiger partial charge < -0.3 is 10.4 Å². The minimum Gasteiger partial charge on any atom is -0.396 e. The molecule has 0 radical (unpaired) electrons. The molecule has 0 saturated heterocycles. The lowest BCUT2D eigenvalue weighted by molar-refractivity contribution is 0.205. The minimum absolute atomic E-state index is 0.299. The first-order chi connectivity index (χ1) is 6.90. The van der Waals surface area contributed by atoms with Crippen molar-refractivity contribution in [3.63, 3.8) is 0 Å². The molecule has 0 bridgehead atoms. The molecular formula is C9H15N3OS. The van der Waals surface area contributed by atoms with E-state index >= 15 is 0 Å². The van der Waals surface area contributed by atoms with E-state index in [9.17, 15) is 0 Å². The van der Waals surface area contributed by atoms with Crippen molar-refractivity contribution in [3.05, 3.63) is 11.1 Å². The Balaban J connectivity index is 1.80. The number of nitrogens with zero attached hydrogens (tertiary/aromatic N) is 2. The first-order valence-corrected chi connectivity index (χ1v) is 5.84. The molecule has 1 fully saturated rings. The molecular weight excluding hydrogens is 198 g/mol. The van der Waals surface area contributed by atoms with Crippen molar-refractivity contribution in [1.82, 2.24) is 14.9 Å². The van der Waals surface area contributed by atoms with Gasteiger partial charge in [-0.05, 0) is 30.3 Å². The third kappa shape index (κ3) is 2.29. The smallest absolute Gasteiger partial charge is 0.0893 e. The van der Waals surface area contributed by atoms with Crippen LogP contribution in [0.25, 0.3) is 0 Å². The van der Waals surface area contributed by atoms with Crippen molar-refractivity contribution in [2.75, 3.05) is 6.61 Å². The first-order valence-electron chi connectivity index (χ1n) is 5.00. The molecule has 1 saturated carbocycles. The highest BCUT2D eigenvalue weighted by Gasteiger charge is 2.25. The van der Waals surface area contributed by atoms with Crippen LogP contribution in [-0.4, -0.2) is 27.3 Å². The van der Waals surface area contributed by atoms with Crippen molar-refractivity contribution < 1.29 is 5.11 Å². The fourth-order valence-corrected chi connectivity index (χ4v) is 2.47. The van der Waals surface area contributed by atoms with Crippen LogP contribution in [0.5, 0.6) is 0 Å². The standard InChI is InChI=1S/C9H15N3OS/c13-5-7-2-1-3-9(7)10-4-8-6-14-12-11-8/h6-7,9-10,13H,1-5H2. The fraction of sp³-hybridized carbons (Fsp3) is 0.778. The zero-order chi connectivity index (χ0) is 9.80. The maximum atomic E-state index is 9.13. The number of nitrogens with one attached hydrogen (secondary N) is 1. The average molecular weight is 213 g/mol. The maximum absolute atomic E-state index is 9.13. The van der Waals surface area contributed by atoms with Crippen molar-refractivity contribution in [2.24, 2.45) is 5.92 Å². The van der Waals surface area contributed by atoms with Crippen LogP contribution in [0.1, 0.15) is 25.0 Å². The quantitative estimate of drug-likeness (QED) is 0.776. The molecule has 5 heteroatoms. The second-order valence-electron chi connectivity index (χ2n) is 3.76. The Kier molecular flexibility index (Phi) is 3.44. The fourth-order valence-electron chi connectivity index (χ4n) is 2.02. The van der Waals surface area contributed by atoms with Crippen molar-refractivity contribution in [1.29, 1.82) is 0 Å². The number of aliphatic hydroxyl groups is 1. The summed E-state index contributed by atoms with van der Waals surface area (Å²) in [7, 11) is 0. The molecule has 2 rings (SSSR count). The second kappa shape index (κ2) is 4.82. The summed E-state index contributed by atoms with van der Waals surface area (Å²) < 4.78 is 3.81. The Morgan fingerprint density at radius 2 is 2.50 bits per heavy atom. The summed E-state index contributed by atoms with van der Waals surface area (Å²) >= 11 is 1.38. The molecule has 14 heavy (non-hydrogen) atoms. The van der Waals surface area contributed by atoms with Gasteiger partial charge in [0, 0.05) is 24.6 Å². The highest BCUT2D eigenvalue weighted by atomic mass is 32.1. The predicted octanol–water partition coefficient (Wildman–Crippen LogP) is 0.789. The van der Waals surface area contributed by atoms with Gasteiger partial charge in [-0.1, -0.05) is 10.9 Å². The monoisotopic (exact) mass is 213 g/mol. The zero-order valence-electron chi connectivity index (χ0n) is 8.02. The average Bonchev–Trinajstić information content (AvgIpc) is 2.85. The Hall–Kier alpha value is -0.520. The maximum Gasteiger partial charge on any atom is 0.0893 e. The van der Waals surface area contributed by atoms with Crippen molar-refractivity contribution >= 4 is 11.5 Å². The van der Waals surface area contributed by atoms with E-state index in [-0.39, 0.29) is 0 Å². The molecule has 2 atom stereocenters. The SMILES string of the molecule is OCC1CCCC1NCc1csnn1. The van der Waals surface area contributed by atoms with Gasteiger partial charge in [-0.2, -0.15) is 0 Å². The lowest BCUT2D eigenvalue weighted by Crippen LogP contribution is -2.33. The van der Waals surface area contributed by atoms with Crippen LogP contribution in [-0.2, 0) is 6.54 Å². The number of rotatable bonds is 4. The molecule has 0 spiro atoms. The van der Waals surface area contributed by atoms with E-state index in [2.05, 4.69) is 14.9 Å². The van der Waals surface area contributed by atoms with Gasteiger partial charge in [0.1, 0.15) is 0 Å². The van der Waals surface area contributed by atoms with Crippen LogP contribution in [0.4, 0.5) is 0 Å². The van der Waals surface area contributed by atoms with Gasteiger partial charge in [-0.15, -0.1) is 5.10 Å². The second-order valence-corrected chi connectivity index (χ2v) is 4.37. The molecule has 0 amide bonds. The van der Waals surface area contributed by atoms with Gasteiger partial charge in [0.05, 0.1) is 5.69 Å². The summed E-state index contributed by atoms with van der Waals surface area (Å²) in [4.78, 5) is 0. The Morgan fingerprint density at radius 3 is 3.21 bits per heavy atom. The first kappa shape index (κ1) is 10.0. The van der Waals surface area contributed by atoms with Crippen molar-refractivity contribution in [2.45, 2.75) is 31.8 Å². The number of aromatic nitrogens is 2. The molecule has 2 unspecified atom stereocenters. The van der Waals surface area contributed by atoms with Gasteiger partial charge in [0.15, 0.2) is 0 Å².